The highest BCUT2D eigenvalue weighted by atomic mass is 32.2. The zero-order valence-electron chi connectivity index (χ0n) is 16.7. The van der Waals surface area contributed by atoms with E-state index in [0.717, 1.165) is 16.9 Å². The molecule has 0 atom stereocenters. The number of aromatic nitrogens is 2. The number of alkyl halides is 2. The number of halogens is 2. The van der Waals surface area contributed by atoms with Crippen LogP contribution in [0.15, 0.2) is 58.9 Å². The van der Waals surface area contributed by atoms with Crippen molar-refractivity contribution in [2.24, 2.45) is 0 Å². The summed E-state index contributed by atoms with van der Waals surface area (Å²) in [5, 5.41) is 7.95. The summed E-state index contributed by atoms with van der Waals surface area (Å²) >= 11 is 1.24. The number of carbonyl (C=O) groups excluding carboxylic acids is 1. The number of ether oxygens (including phenoxy) is 2. The molecule has 10 heteroatoms. The van der Waals surface area contributed by atoms with Crippen molar-refractivity contribution in [2.45, 2.75) is 16.6 Å². The largest absolute Gasteiger partial charge is 0.497 e. The van der Waals surface area contributed by atoms with Crippen molar-refractivity contribution >= 4 is 40.2 Å². The maximum absolute atomic E-state index is 13.0. The predicted octanol–water partition coefficient (Wildman–Crippen LogP) is 5.12. The number of rotatable bonds is 9. The third kappa shape index (κ3) is 6.50. The number of amides is 1. The van der Waals surface area contributed by atoms with E-state index in [2.05, 4.69) is 10.2 Å². The van der Waals surface area contributed by atoms with E-state index < -0.39 is 5.76 Å². The van der Waals surface area contributed by atoms with Crippen LogP contribution in [0.3, 0.4) is 0 Å². The first-order valence-electron chi connectivity index (χ1n) is 9.03. The van der Waals surface area contributed by atoms with E-state index in [1.165, 1.54) is 11.0 Å². The van der Waals surface area contributed by atoms with Crippen LogP contribution in [0.1, 0.15) is 11.1 Å². The summed E-state index contributed by atoms with van der Waals surface area (Å²) in [5.74, 6) is -1.80. The molecule has 0 N–H and O–H groups in total. The van der Waals surface area contributed by atoms with Gasteiger partial charge < -0.3 is 9.47 Å². The lowest BCUT2D eigenvalue weighted by atomic mass is 10.1. The Balaban J connectivity index is 1.87. The Bertz CT molecular complexity index is 1020. The summed E-state index contributed by atoms with van der Waals surface area (Å²) in [6, 6.07) is 14.6. The van der Waals surface area contributed by atoms with Gasteiger partial charge in [0, 0.05) is 12.1 Å². The zero-order valence-corrected chi connectivity index (χ0v) is 18.3. The Morgan fingerprint density at radius 2 is 1.81 bits per heavy atom. The van der Waals surface area contributed by atoms with Gasteiger partial charge in [-0.25, -0.2) is 0 Å². The van der Waals surface area contributed by atoms with E-state index in [9.17, 15) is 13.6 Å². The molecule has 0 spiro atoms. The van der Waals surface area contributed by atoms with Gasteiger partial charge in [0.2, 0.25) is 5.13 Å². The van der Waals surface area contributed by atoms with E-state index in [1.54, 1.807) is 38.5 Å². The fraction of sp³-hybridized carbons (Fsp3) is 0.190. The van der Waals surface area contributed by atoms with Crippen LogP contribution in [0.5, 0.6) is 11.5 Å². The van der Waals surface area contributed by atoms with Gasteiger partial charge in [0.15, 0.2) is 4.34 Å². The van der Waals surface area contributed by atoms with Gasteiger partial charge in [0.05, 0.1) is 20.8 Å². The molecule has 6 nitrogen and oxygen atoms in total. The fourth-order valence-corrected chi connectivity index (χ4v) is 4.08. The summed E-state index contributed by atoms with van der Waals surface area (Å²) in [7, 11) is 3.08. The number of anilines is 1. The number of benzene rings is 2. The number of hydrogen-bond donors (Lipinski definition) is 0. The number of nitrogens with zero attached hydrogens (tertiary/aromatic N) is 3. The highest BCUT2D eigenvalue weighted by Crippen LogP contribution is 2.32. The van der Waals surface area contributed by atoms with E-state index in [4.69, 9.17) is 9.47 Å². The average Bonchev–Trinajstić information content (AvgIpc) is 3.23. The third-order valence-electron chi connectivity index (χ3n) is 4.06. The smallest absolute Gasteiger partial charge is 0.291 e. The number of hydrogen-bond acceptors (Lipinski definition) is 7. The molecule has 0 saturated carbocycles. The van der Waals surface area contributed by atoms with Crippen LogP contribution in [0, 0.1) is 0 Å². The van der Waals surface area contributed by atoms with Crippen LogP contribution in [-0.4, -0.2) is 36.1 Å². The predicted molar refractivity (Wildman–Crippen MR) is 118 cm³/mol. The van der Waals surface area contributed by atoms with Gasteiger partial charge in [-0.05, 0) is 41.1 Å². The molecule has 2 aromatic carbocycles. The first-order valence-corrected chi connectivity index (χ1v) is 10.7. The van der Waals surface area contributed by atoms with Gasteiger partial charge in [-0.1, -0.05) is 41.7 Å². The molecule has 0 fully saturated rings. The van der Waals surface area contributed by atoms with Crippen LogP contribution in [0.2, 0.25) is 0 Å². The first kappa shape index (κ1) is 22.7. The van der Waals surface area contributed by atoms with Gasteiger partial charge in [-0.3, -0.25) is 9.69 Å². The fourth-order valence-electron chi connectivity index (χ4n) is 2.62. The van der Waals surface area contributed by atoms with Crippen molar-refractivity contribution in [2.75, 3.05) is 19.1 Å². The average molecular weight is 464 g/mol. The Hall–Kier alpha value is -2.98. The molecule has 1 amide bonds. The molecule has 0 radical (unpaired) electrons. The Labute approximate surface area is 186 Å². The molecular formula is C21H19F2N3O3S2. The number of carbonyl (C=O) groups is 1. The van der Waals surface area contributed by atoms with Gasteiger partial charge in [-0.15, -0.1) is 10.2 Å². The van der Waals surface area contributed by atoms with Crippen molar-refractivity contribution in [3.8, 4) is 11.5 Å². The van der Waals surface area contributed by atoms with Crippen molar-refractivity contribution in [3.63, 3.8) is 0 Å². The lowest BCUT2D eigenvalue weighted by Gasteiger charge is -2.17. The van der Waals surface area contributed by atoms with E-state index >= 15 is 0 Å². The summed E-state index contributed by atoms with van der Waals surface area (Å²) in [6.45, 7) is 0.222. The van der Waals surface area contributed by atoms with Crippen LogP contribution in [-0.2, 0) is 11.3 Å². The summed E-state index contributed by atoms with van der Waals surface area (Å²) in [5.41, 5.74) is 1.57. The van der Waals surface area contributed by atoms with Gasteiger partial charge in [0.1, 0.15) is 11.5 Å². The molecule has 0 aliphatic rings. The van der Waals surface area contributed by atoms with Crippen LogP contribution in [0.25, 0.3) is 6.08 Å². The molecule has 3 aromatic rings. The molecule has 0 bridgehead atoms. The number of methoxy groups -OCH3 is 2. The molecule has 0 aliphatic heterocycles. The molecule has 0 saturated heterocycles. The number of thioether (sulfide) groups is 1. The Morgan fingerprint density at radius 3 is 2.42 bits per heavy atom. The first-order chi connectivity index (χ1) is 15.0. The SMILES string of the molecule is COc1cc(/C=C/C(=O)N(Cc2ccccc2)c2nnc(SC(F)F)s2)cc(OC)c1. The zero-order chi connectivity index (χ0) is 22.2. The van der Waals surface area contributed by atoms with Gasteiger partial charge in [0.25, 0.3) is 11.7 Å². The topological polar surface area (TPSA) is 64.5 Å². The van der Waals surface area contributed by atoms with Crippen LogP contribution < -0.4 is 14.4 Å². The Kier molecular flexibility index (Phi) is 7.96. The minimum atomic E-state index is -2.61. The molecule has 162 valence electrons. The molecule has 1 heterocycles. The minimum Gasteiger partial charge on any atom is -0.497 e. The van der Waals surface area contributed by atoms with E-state index in [-0.39, 0.29) is 21.9 Å². The van der Waals surface area contributed by atoms with Crippen LogP contribution in [0.4, 0.5) is 13.9 Å². The second-order valence-electron chi connectivity index (χ2n) is 6.12. The van der Waals surface area contributed by atoms with Crippen LogP contribution >= 0.6 is 23.1 Å². The molecule has 0 aliphatic carbocycles. The van der Waals surface area contributed by atoms with Gasteiger partial charge in [-0.2, -0.15) is 8.78 Å². The standard InChI is InChI=1S/C21H19F2N3O3S2/c1-28-16-10-15(11-17(12-16)29-2)8-9-18(27)26(13-14-6-4-3-5-7-14)20-24-25-21(31-20)30-19(22)23/h3-12,19H,13H2,1-2H3/b9-8+. The highest BCUT2D eigenvalue weighted by molar-refractivity contribution is 8.01. The highest BCUT2D eigenvalue weighted by Gasteiger charge is 2.20. The molecule has 3 rings (SSSR count). The summed E-state index contributed by atoms with van der Waals surface area (Å²) < 4.78 is 35.9. The second-order valence-corrected chi connectivity index (χ2v) is 8.31. The van der Waals surface area contributed by atoms with Gasteiger partial charge >= 0.3 is 0 Å². The normalized spacial score (nSPS) is 11.1. The maximum atomic E-state index is 13.0. The maximum Gasteiger partial charge on any atom is 0.291 e. The lowest BCUT2D eigenvalue weighted by Crippen LogP contribution is -2.28. The van der Waals surface area contributed by atoms with Crippen molar-refractivity contribution < 1.29 is 23.0 Å². The molecule has 0 unspecified atom stereocenters. The van der Waals surface area contributed by atoms with E-state index in [1.807, 2.05) is 30.3 Å². The monoisotopic (exact) mass is 463 g/mol. The molecular weight excluding hydrogens is 444 g/mol. The molecule has 1 aromatic heterocycles. The molecule has 31 heavy (non-hydrogen) atoms. The minimum absolute atomic E-state index is 0.0948. The van der Waals surface area contributed by atoms with Crippen molar-refractivity contribution in [3.05, 3.63) is 65.7 Å². The second kappa shape index (κ2) is 10.9. The van der Waals surface area contributed by atoms with Crippen molar-refractivity contribution in [1.82, 2.24) is 10.2 Å². The third-order valence-corrected chi connectivity index (χ3v) is 5.80. The van der Waals surface area contributed by atoms with E-state index in [0.29, 0.717) is 28.8 Å². The van der Waals surface area contributed by atoms with Crippen molar-refractivity contribution in [1.29, 1.82) is 0 Å². The Morgan fingerprint density at radius 1 is 1.13 bits per heavy atom. The lowest BCUT2D eigenvalue weighted by molar-refractivity contribution is -0.114. The summed E-state index contributed by atoms with van der Waals surface area (Å²) in [6.07, 6.45) is 3.01. The quantitative estimate of drug-likeness (QED) is 0.249. The summed E-state index contributed by atoms with van der Waals surface area (Å²) in [4.78, 5) is 14.4.